The molecule has 204 valence electrons. The van der Waals surface area contributed by atoms with Crippen LogP contribution in [0, 0.1) is 11.6 Å². The minimum absolute atomic E-state index is 0.0716. The van der Waals surface area contributed by atoms with E-state index < -0.39 is 27.0 Å². The van der Waals surface area contributed by atoms with Crippen LogP contribution in [0.3, 0.4) is 0 Å². The Balaban J connectivity index is 1.32. The van der Waals surface area contributed by atoms with Gasteiger partial charge in [0.05, 0.1) is 16.6 Å². The first kappa shape index (κ1) is 27.3. The number of H-pyrrole nitrogens is 2. The van der Waals surface area contributed by atoms with Gasteiger partial charge in [-0.05, 0) is 41.0 Å². The maximum absolute atomic E-state index is 14.0. The molecule has 0 spiro atoms. The van der Waals surface area contributed by atoms with E-state index in [4.69, 9.17) is 0 Å². The first-order chi connectivity index (χ1) is 19.1. The van der Waals surface area contributed by atoms with E-state index in [1.807, 2.05) is 24.3 Å². The largest absolute Gasteiger partial charge is 0.365 e. The number of imidazole rings is 1. The fourth-order valence-electron chi connectivity index (χ4n) is 3.94. The van der Waals surface area contributed by atoms with Crippen molar-refractivity contribution >= 4 is 45.5 Å². The molecular weight excluding hydrogens is 643 g/mol. The normalized spacial score (nSPS) is 11.5. The second-order valence-electron chi connectivity index (χ2n) is 8.80. The van der Waals surface area contributed by atoms with Crippen LogP contribution in [0.2, 0.25) is 0 Å². The first-order valence-electron chi connectivity index (χ1n) is 11.8. The Morgan fingerprint density at radius 3 is 2.35 bits per heavy atom. The van der Waals surface area contributed by atoms with Gasteiger partial charge in [0.2, 0.25) is 0 Å². The van der Waals surface area contributed by atoms with E-state index in [2.05, 4.69) is 30.6 Å². The minimum Gasteiger partial charge on any atom is -0.365 e. The summed E-state index contributed by atoms with van der Waals surface area (Å²) in [6.07, 6.45) is 2.62. The predicted molar refractivity (Wildman–Crippen MR) is 149 cm³/mol. The highest BCUT2D eigenvalue weighted by Crippen LogP contribution is 2.36. The number of fused-ring (bicyclic) bond motifs is 1. The molecule has 8 nitrogen and oxygen atoms in total. The van der Waals surface area contributed by atoms with E-state index in [0.29, 0.717) is 16.7 Å². The van der Waals surface area contributed by atoms with Gasteiger partial charge in [-0.15, -0.1) is 0 Å². The van der Waals surface area contributed by atoms with Gasteiger partial charge in [-0.1, -0.05) is 30.3 Å². The molecule has 0 saturated heterocycles. The van der Waals surface area contributed by atoms with E-state index in [-0.39, 0.29) is 30.2 Å². The van der Waals surface area contributed by atoms with Crippen molar-refractivity contribution < 1.29 is 22.4 Å². The summed E-state index contributed by atoms with van der Waals surface area (Å²) in [4.78, 5) is 38.0. The van der Waals surface area contributed by atoms with Crippen molar-refractivity contribution in [3.05, 3.63) is 111 Å². The molecule has 0 aliphatic carbocycles. The number of hydrogen-bond acceptors (Lipinski definition) is 5. The summed E-state index contributed by atoms with van der Waals surface area (Å²) in [5.41, 5.74) is 2.84. The molecule has 0 saturated carbocycles. The summed E-state index contributed by atoms with van der Waals surface area (Å²) in [5.74, 6) is -2.74. The van der Waals surface area contributed by atoms with Crippen LogP contribution in [0.1, 0.15) is 27.0 Å². The van der Waals surface area contributed by atoms with Crippen LogP contribution in [-0.2, 0) is 17.0 Å². The van der Waals surface area contributed by atoms with Gasteiger partial charge >= 0.3 is 9.62 Å². The zero-order valence-corrected chi connectivity index (χ0v) is 22.5. The van der Waals surface area contributed by atoms with Gasteiger partial charge in [0.15, 0.2) is 17.3 Å². The summed E-state index contributed by atoms with van der Waals surface area (Å²) in [5, 5.41) is 5.54. The molecule has 5 aromatic rings. The van der Waals surface area contributed by atoms with E-state index >= 15 is 0 Å². The van der Waals surface area contributed by atoms with Gasteiger partial charge in [-0.25, -0.2) is 23.5 Å². The minimum atomic E-state index is -3.26. The Bertz CT molecular complexity index is 1770. The third-order valence-corrected chi connectivity index (χ3v) is 6.63. The number of carbonyl (C=O) groups excluding carboxylic acids is 1. The third-order valence-electron chi connectivity index (χ3n) is 6.01. The van der Waals surface area contributed by atoms with Crippen molar-refractivity contribution in [1.29, 1.82) is 0 Å². The lowest BCUT2D eigenvalue weighted by atomic mass is 10.1. The van der Waals surface area contributed by atoms with Gasteiger partial charge in [0.25, 0.3) is 5.91 Å². The Kier molecular flexibility index (Phi) is 7.56. The molecular formula is C27H19F4IN6O2. The van der Waals surface area contributed by atoms with Crippen LogP contribution >= 0.6 is 22.6 Å². The number of aromatic nitrogens is 4. The molecule has 0 aliphatic heterocycles. The van der Waals surface area contributed by atoms with E-state index in [9.17, 15) is 27.2 Å². The molecule has 0 radical (unpaired) electrons. The number of amides is 1. The Hall–Kier alpha value is -4.27. The number of aromatic amines is 2. The molecule has 4 N–H and O–H groups in total. The van der Waals surface area contributed by atoms with Crippen molar-refractivity contribution in [2.75, 3.05) is 5.32 Å². The van der Waals surface area contributed by atoms with Crippen LogP contribution in [-0.4, -0.2) is 25.8 Å². The van der Waals surface area contributed by atoms with Crippen molar-refractivity contribution in [2.45, 2.75) is 17.0 Å². The Labute approximate surface area is 237 Å². The number of nitrogens with one attached hydrogen (secondary N) is 4. The van der Waals surface area contributed by atoms with Gasteiger partial charge < -0.3 is 15.6 Å². The summed E-state index contributed by atoms with van der Waals surface area (Å²) in [6, 6.07) is 13.4. The summed E-state index contributed by atoms with van der Waals surface area (Å²) in [6.45, 7) is 0.0677. The average Bonchev–Trinajstić information content (AvgIpc) is 3.31. The number of alkyl halides is 3. The molecule has 3 aromatic heterocycles. The monoisotopic (exact) mass is 662 g/mol. The number of pyridine rings is 2. The number of carbonyl (C=O) groups is 1. The van der Waals surface area contributed by atoms with Gasteiger partial charge in [0, 0.05) is 53.6 Å². The highest BCUT2D eigenvalue weighted by molar-refractivity contribution is 14.1. The van der Waals surface area contributed by atoms with Gasteiger partial charge in [-0.3, -0.25) is 9.78 Å². The first-order valence-corrected chi connectivity index (χ1v) is 12.9. The highest BCUT2D eigenvalue weighted by Gasteiger charge is 2.29. The highest BCUT2D eigenvalue weighted by atomic mass is 127. The van der Waals surface area contributed by atoms with Crippen molar-refractivity contribution in [1.82, 2.24) is 25.3 Å². The number of benzene rings is 2. The SMILES string of the molecule is O=C(NCc1ccc(F)c(F)c1)c1cc(C(F)(F)I)cnc1NCc1ccc(-c2cnc3[nH]c(=O)[nH]c3c2)cc1. The van der Waals surface area contributed by atoms with Crippen LogP contribution in [0.5, 0.6) is 0 Å². The molecule has 40 heavy (non-hydrogen) atoms. The van der Waals surface area contributed by atoms with Crippen LogP contribution in [0.15, 0.2) is 71.8 Å². The van der Waals surface area contributed by atoms with Crippen molar-refractivity contribution in [2.24, 2.45) is 0 Å². The smallest absolute Gasteiger partial charge is 0.325 e. The molecule has 2 aromatic carbocycles. The molecule has 0 fully saturated rings. The molecule has 1 amide bonds. The second kappa shape index (κ2) is 11.1. The van der Waals surface area contributed by atoms with Crippen LogP contribution in [0.4, 0.5) is 23.4 Å². The number of anilines is 1. The fraction of sp³-hybridized carbons (Fsp3) is 0.111. The molecule has 5 rings (SSSR count). The maximum atomic E-state index is 14.0. The topological polar surface area (TPSA) is 116 Å². The number of nitrogens with zero attached hydrogens (tertiary/aromatic N) is 2. The van der Waals surface area contributed by atoms with Crippen molar-refractivity contribution in [3.63, 3.8) is 0 Å². The Morgan fingerprint density at radius 1 is 0.875 bits per heavy atom. The molecule has 13 heteroatoms. The molecule has 0 unspecified atom stereocenters. The molecule has 0 atom stereocenters. The average molecular weight is 662 g/mol. The fourth-order valence-corrected chi connectivity index (χ4v) is 4.24. The third kappa shape index (κ3) is 6.14. The standard InChI is InChI=1S/C27H19F4IN6O2/c28-20-6-3-15(7-21(20)29)11-36-25(39)19-9-18(27(30,31)32)13-35-23(19)33-10-14-1-4-16(5-2-14)17-8-22-24(34-12-17)38-26(40)37-22/h1-9,12-13H,10-11H2,(H,33,35)(H,36,39)(H2,34,37,38,40). The lowest BCUT2D eigenvalue weighted by Crippen LogP contribution is -2.25. The Morgan fingerprint density at radius 2 is 1.62 bits per heavy atom. The van der Waals surface area contributed by atoms with Crippen molar-refractivity contribution in [3.8, 4) is 11.1 Å². The summed E-state index contributed by atoms with van der Waals surface area (Å²) < 4.78 is 51.4. The molecule has 0 bridgehead atoms. The number of rotatable bonds is 8. The lowest BCUT2D eigenvalue weighted by molar-refractivity contribution is 0.0950. The number of hydrogen-bond donors (Lipinski definition) is 4. The number of halogens is 5. The predicted octanol–water partition coefficient (Wildman–Crippen LogP) is 5.62. The molecule has 0 aliphatic rings. The van der Waals surface area contributed by atoms with Gasteiger partial charge in [-0.2, -0.15) is 8.78 Å². The van der Waals surface area contributed by atoms with E-state index in [1.165, 1.54) is 6.07 Å². The molecule has 3 heterocycles. The van der Waals surface area contributed by atoms with Crippen LogP contribution < -0.4 is 16.3 Å². The van der Waals surface area contributed by atoms with Gasteiger partial charge in [0.1, 0.15) is 5.82 Å². The zero-order valence-electron chi connectivity index (χ0n) is 20.4. The van der Waals surface area contributed by atoms with E-state index in [1.54, 1.807) is 12.3 Å². The summed E-state index contributed by atoms with van der Waals surface area (Å²) in [7, 11) is 0. The van der Waals surface area contributed by atoms with E-state index in [0.717, 1.165) is 63.7 Å². The lowest BCUT2D eigenvalue weighted by Gasteiger charge is -2.15. The zero-order chi connectivity index (χ0) is 28.4. The quantitative estimate of drug-likeness (QED) is 0.0979. The maximum Gasteiger partial charge on any atom is 0.325 e. The second-order valence-corrected chi connectivity index (χ2v) is 10.2. The van der Waals surface area contributed by atoms with Crippen LogP contribution in [0.25, 0.3) is 22.3 Å². The summed E-state index contributed by atoms with van der Waals surface area (Å²) >= 11 is 0.949.